The smallest absolute Gasteiger partial charge is 0.476 e. The highest BCUT2D eigenvalue weighted by molar-refractivity contribution is 5.91. The summed E-state index contributed by atoms with van der Waals surface area (Å²) in [7, 11) is 0. The molecule has 14 heteroatoms. The van der Waals surface area contributed by atoms with Gasteiger partial charge in [0.05, 0.1) is 31.6 Å². The van der Waals surface area contributed by atoms with E-state index in [2.05, 4.69) is 23.8 Å². The summed E-state index contributed by atoms with van der Waals surface area (Å²) in [6, 6.07) is 17.6. The van der Waals surface area contributed by atoms with E-state index in [1.165, 1.54) is 12.5 Å². The lowest BCUT2D eigenvalue weighted by Gasteiger charge is -2.12. The van der Waals surface area contributed by atoms with Crippen molar-refractivity contribution in [1.29, 1.82) is 0 Å². The standard InChI is InChI=1S/C37H42O14/c1-4-20-46-47-24-9-7-22-42-27-48-51-33-12-10-30(11-13-33)36(38)49-34-18-19-35(29(3)25-34)45-28-44-31-14-16-32(17-15-31)50-37(39)43-23-8-6-21-41-26-40-5-2/h5,10-20,25H,1-2,6-9,21-24,26-28H2,3H3. The van der Waals surface area contributed by atoms with E-state index in [0.717, 1.165) is 18.4 Å². The van der Waals surface area contributed by atoms with Crippen LogP contribution < -0.4 is 23.8 Å². The second kappa shape index (κ2) is 24.6. The molecule has 0 spiro atoms. The van der Waals surface area contributed by atoms with E-state index in [-0.39, 0.29) is 27.0 Å². The van der Waals surface area contributed by atoms with Crippen molar-refractivity contribution in [2.45, 2.75) is 32.6 Å². The molecule has 3 aromatic rings. The van der Waals surface area contributed by atoms with Crippen LogP contribution in [0.25, 0.3) is 0 Å². The summed E-state index contributed by atoms with van der Waals surface area (Å²) in [5, 5.41) is 0. The zero-order chi connectivity index (χ0) is 36.4. The third-order valence-electron chi connectivity index (χ3n) is 6.34. The zero-order valence-corrected chi connectivity index (χ0v) is 28.4. The van der Waals surface area contributed by atoms with E-state index in [0.29, 0.717) is 67.0 Å². The van der Waals surface area contributed by atoms with Crippen molar-refractivity contribution in [2.24, 2.45) is 0 Å². The Bertz CT molecular complexity index is 1500. The molecule has 0 saturated carbocycles. The molecule has 51 heavy (non-hydrogen) atoms. The molecular weight excluding hydrogens is 668 g/mol. The molecule has 0 bridgehead atoms. The number of unbranched alkanes of at least 4 members (excludes halogenated alkanes) is 2. The van der Waals surface area contributed by atoms with E-state index in [1.54, 1.807) is 66.7 Å². The van der Waals surface area contributed by atoms with Crippen molar-refractivity contribution in [2.75, 3.05) is 46.8 Å². The van der Waals surface area contributed by atoms with Crippen LogP contribution in [0.5, 0.6) is 28.7 Å². The minimum absolute atomic E-state index is 0.0688. The van der Waals surface area contributed by atoms with E-state index in [1.807, 2.05) is 6.92 Å². The molecule has 274 valence electrons. The second-order valence-corrected chi connectivity index (χ2v) is 10.2. The van der Waals surface area contributed by atoms with Crippen LogP contribution in [0.3, 0.4) is 0 Å². The number of rotatable bonds is 26. The number of carbonyl (C=O) groups is 2. The van der Waals surface area contributed by atoms with Gasteiger partial charge in [-0.1, -0.05) is 18.9 Å². The Balaban J connectivity index is 1.29. The fourth-order valence-electron chi connectivity index (χ4n) is 3.83. The van der Waals surface area contributed by atoms with E-state index >= 15 is 0 Å². The molecular formula is C37H42O14. The summed E-state index contributed by atoms with van der Waals surface area (Å²) in [5.41, 5.74) is 3.48. The van der Waals surface area contributed by atoms with Crippen molar-refractivity contribution in [3.8, 4) is 28.7 Å². The van der Waals surface area contributed by atoms with Gasteiger partial charge < -0.3 is 47.7 Å². The maximum absolute atomic E-state index is 12.7. The largest absolute Gasteiger partial charge is 0.513 e. The summed E-state index contributed by atoms with van der Waals surface area (Å²) in [6.45, 7) is 10.1. The Labute approximate surface area is 296 Å². The van der Waals surface area contributed by atoms with Crippen LogP contribution in [0.1, 0.15) is 41.6 Å². The lowest BCUT2D eigenvalue weighted by Crippen LogP contribution is -2.12. The monoisotopic (exact) mass is 710 g/mol. The molecule has 0 amide bonds. The average molecular weight is 711 g/mol. The molecule has 0 aliphatic heterocycles. The minimum atomic E-state index is -0.803. The Hall–Kier alpha value is -5.50. The summed E-state index contributed by atoms with van der Waals surface area (Å²) in [4.78, 5) is 44.3. The first-order chi connectivity index (χ1) is 25.0. The zero-order valence-electron chi connectivity index (χ0n) is 28.4. The number of hydrogen-bond donors (Lipinski definition) is 0. The molecule has 3 rings (SSSR count). The van der Waals surface area contributed by atoms with Crippen molar-refractivity contribution in [1.82, 2.24) is 0 Å². The lowest BCUT2D eigenvalue weighted by molar-refractivity contribution is -0.267. The van der Waals surface area contributed by atoms with Crippen LogP contribution in [0.4, 0.5) is 4.79 Å². The van der Waals surface area contributed by atoms with Crippen LogP contribution in [-0.2, 0) is 33.6 Å². The van der Waals surface area contributed by atoms with Crippen LogP contribution in [-0.4, -0.2) is 58.9 Å². The summed E-state index contributed by atoms with van der Waals surface area (Å²) in [6.07, 6.45) is 4.52. The second-order valence-electron chi connectivity index (χ2n) is 10.2. The van der Waals surface area contributed by atoms with Gasteiger partial charge in [-0.25, -0.2) is 9.59 Å². The van der Waals surface area contributed by atoms with Gasteiger partial charge in [0, 0.05) is 6.61 Å². The highest BCUT2D eigenvalue weighted by Gasteiger charge is 2.12. The van der Waals surface area contributed by atoms with Crippen LogP contribution >= 0.6 is 0 Å². The van der Waals surface area contributed by atoms with E-state index < -0.39 is 12.1 Å². The van der Waals surface area contributed by atoms with Gasteiger partial charge in [0.2, 0.25) is 6.79 Å². The van der Waals surface area contributed by atoms with Gasteiger partial charge in [-0.2, -0.15) is 9.78 Å². The normalized spacial score (nSPS) is 10.3. The molecule has 0 atom stereocenters. The maximum atomic E-state index is 12.7. The van der Waals surface area contributed by atoms with Gasteiger partial charge in [-0.3, -0.25) is 0 Å². The minimum Gasteiger partial charge on any atom is -0.476 e. The number of carbonyl (C=O) groups excluding carboxylic acids is 2. The van der Waals surface area contributed by atoms with Crippen molar-refractivity contribution in [3.63, 3.8) is 0 Å². The number of benzene rings is 3. The Morgan fingerprint density at radius 3 is 2.10 bits per heavy atom. The first kappa shape index (κ1) is 39.9. The number of ether oxygens (including phenoxy) is 8. The Kier molecular flexibility index (Phi) is 19.3. The fraction of sp³-hybridized carbons (Fsp3) is 0.324. The van der Waals surface area contributed by atoms with Gasteiger partial charge in [-0.05, 0) is 105 Å². The topological polar surface area (TPSA) is 145 Å². The van der Waals surface area contributed by atoms with Crippen molar-refractivity contribution in [3.05, 3.63) is 109 Å². The SMILES string of the molecule is C=C=COOCCCCOCOOc1ccc(C(=O)Oc2ccc(OCOc3ccc(OC(=O)OCCCCOCOC=C)cc3)c(C)c2)cc1. The maximum Gasteiger partial charge on any atom is 0.513 e. The average Bonchev–Trinajstić information content (AvgIpc) is 3.13. The van der Waals surface area contributed by atoms with Gasteiger partial charge in [-0.15, -0.1) is 0 Å². The van der Waals surface area contributed by atoms with Gasteiger partial charge in [0.1, 0.15) is 23.0 Å². The third-order valence-corrected chi connectivity index (χ3v) is 6.34. The summed E-state index contributed by atoms with van der Waals surface area (Å²) >= 11 is 0. The molecule has 0 heterocycles. The third kappa shape index (κ3) is 17.1. The van der Waals surface area contributed by atoms with Gasteiger partial charge >= 0.3 is 12.1 Å². The fourth-order valence-corrected chi connectivity index (χ4v) is 3.83. The Morgan fingerprint density at radius 1 is 0.706 bits per heavy atom. The quantitative estimate of drug-likeness (QED) is 0.00940. The van der Waals surface area contributed by atoms with Crippen LogP contribution in [0.15, 0.2) is 98.1 Å². The molecule has 0 unspecified atom stereocenters. The number of esters is 1. The lowest BCUT2D eigenvalue weighted by atomic mass is 10.2. The van der Waals surface area contributed by atoms with Gasteiger partial charge in [0.15, 0.2) is 25.6 Å². The van der Waals surface area contributed by atoms with E-state index in [9.17, 15) is 9.59 Å². The van der Waals surface area contributed by atoms with Crippen LogP contribution in [0, 0.1) is 6.92 Å². The highest BCUT2D eigenvalue weighted by atomic mass is 17.2. The number of aryl methyl sites for hydroxylation is 1. The molecule has 0 fully saturated rings. The molecule has 0 aliphatic carbocycles. The molecule has 0 saturated heterocycles. The summed E-state index contributed by atoms with van der Waals surface area (Å²) < 4.78 is 42.4. The van der Waals surface area contributed by atoms with Crippen molar-refractivity contribution >= 4 is 12.1 Å². The molecule has 0 aromatic heterocycles. The molecule has 0 radical (unpaired) electrons. The molecule has 14 nitrogen and oxygen atoms in total. The van der Waals surface area contributed by atoms with E-state index in [4.69, 9.17) is 52.6 Å². The molecule has 0 N–H and O–H groups in total. The van der Waals surface area contributed by atoms with Gasteiger partial charge in [0.25, 0.3) is 0 Å². The van der Waals surface area contributed by atoms with Crippen molar-refractivity contribution < 1.29 is 67.0 Å². The summed E-state index contributed by atoms with van der Waals surface area (Å²) in [5.74, 6) is 1.53. The predicted molar refractivity (Wildman–Crippen MR) is 181 cm³/mol. The highest BCUT2D eigenvalue weighted by Crippen LogP contribution is 2.25. The molecule has 3 aromatic carbocycles. The Morgan fingerprint density at radius 2 is 1.37 bits per heavy atom. The number of hydrogen-bond acceptors (Lipinski definition) is 14. The first-order valence-corrected chi connectivity index (χ1v) is 15.9. The first-order valence-electron chi connectivity index (χ1n) is 15.9. The predicted octanol–water partition coefficient (Wildman–Crippen LogP) is 7.37. The van der Waals surface area contributed by atoms with Crippen LogP contribution in [0.2, 0.25) is 0 Å². The molecule has 0 aliphatic rings.